The predicted octanol–water partition coefficient (Wildman–Crippen LogP) is 3.22. The molecular formula is C18H22N2O4S2. The molecule has 1 N–H and O–H groups in total. The van der Waals surface area contributed by atoms with E-state index in [1.165, 1.54) is 23.3 Å². The fraction of sp³-hybridized carbons (Fsp3) is 0.444. The molecule has 8 heteroatoms. The number of anilines is 1. The molecular weight excluding hydrogens is 372 g/mol. The molecule has 0 saturated carbocycles. The van der Waals surface area contributed by atoms with Crippen molar-refractivity contribution in [1.29, 1.82) is 0 Å². The van der Waals surface area contributed by atoms with Crippen molar-refractivity contribution in [1.82, 2.24) is 4.90 Å². The third kappa shape index (κ3) is 5.14. The van der Waals surface area contributed by atoms with E-state index in [0.29, 0.717) is 17.1 Å². The number of ether oxygens (including phenoxy) is 2. The van der Waals surface area contributed by atoms with Crippen LogP contribution in [0.2, 0.25) is 0 Å². The number of carbonyl (C=O) groups excluding carboxylic acids is 2. The summed E-state index contributed by atoms with van der Waals surface area (Å²) in [4.78, 5) is 28.0. The lowest BCUT2D eigenvalue weighted by atomic mass is 10.2. The molecule has 2 aromatic rings. The Hall–Kier alpha value is -1.74. The van der Waals surface area contributed by atoms with Crippen LogP contribution in [0.15, 0.2) is 29.0 Å². The summed E-state index contributed by atoms with van der Waals surface area (Å²) >= 11 is 2.93. The predicted molar refractivity (Wildman–Crippen MR) is 103 cm³/mol. The second-order valence-electron chi connectivity index (χ2n) is 6.09. The SMILES string of the molecule is COC(=O)c1sccc1NC(=O)CN(Cc1cccs1)CC1CCCO1. The topological polar surface area (TPSA) is 67.9 Å². The van der Waals surface area contributed by atoms with Crippen molar-refractivity contribution in [3.05, 3.63) is 38.7 Å². The lowest BCUT2D eigenvalue weighted by Gasteiger charge is -2.24. The van der Waals surface area contributed by atoms with E-state index in [9.17, 15) is 9.59 Å². The van der Waals surface area contributed by atoms with E-state index in [0.717, 1.165) is 26.0 Å². The highest BCUT2D eigenvalue weighted by atomic mass is 32.1. The fourth-order valence-corrected chi connectivity index (χ4v) is 4.45. The van der Waals surface area contributed by atoms with Gasteiger partial charge in [0.25, 0.3) is 0 Å². The smallest absolute Gasteiger partial charge is 0.350 e. The van der Waals surface area contributed by atoms with E-state index in [2.05, 4.69) is 16.3 Å². The highest BCUT2D eigenvalue weighted by Gasteiger charge is 2.22. The minimum absolute atomic E-state index is 0.150. The van der Waals surface area contributed by atoms with Crippen LogP contribution in [0.25, 0.3) is 0 Å². The van der Waals surface area contributed by atoms with Gasteiger partial charge < -0.3 is 14.8 Å². The molecule has 0 spiro atoms. The maximum Gasteiger partial charge on any atom is 0.350 e. The van der Waals surface area contributed by atoms with Crippen LogP contribution in [0.4, 0.5) is 5.69 Å². The summed E-state index contributed by atoms with van der Waals surface area (Å²) in [6, 6.07) is 5.80. The Labute approximate surface area is 160 Å². The molecule has 0 aliphatic carbocycles. The van der Waals surface area contributed by atoms with E-state index >= 15 is 0 Å². The van der Waals surface area contributed by atoms with E-state index in [-0.39, 0.29) is 18.6 Å². The Morgan fingerprint density at radius 2 is 2.23 bits per heavy atom. The number of esters is 1. The lowest BCUT2D eigenvalue weighted by Crippen LogP contribution is -2.37. The van der Waals surface area contributed by atoms with Crippen molar-refractivity contribution >= 4 is 40.2 Å². The molecule has 3 rings (SSSR count). The van der Waals surface area contributed by atoms with Crippen molar-refractivity contribution in [3.63, 3.8) is 0 Å². The largest absolute Gasteiger partial charge is 0.465 e. The van der Waals surface area contributed by atoms with Crippen LogP contribution in [-0.4, -0.2) is 49.7 Å². The molecule has 0 bridgehead atoms. The average molecular weight is 395 g/mol. The van der Waals surface area contributed by atoms with Crippen molar-refractivity contribution in [3.8, 4) is 0 Å². The van der Waals surface area contributed by atoms with Crippen LogP contribution in [0.5, 0.6) is 0 Å². The summed E-state index contributed by atoms with van der Waals surface area (Å²) in [7, 11) is 1.33. The molecule has 1 fully saturated rings. The molecule has 3 heterocycles. The number of nitrogens with zero attached hydrogens (tertiary/aromatic N) is 1. The molecule has 1 atom stereocenters. The Balaban J connectivity index is 1.62. The number of methoxy groups -OCH3 is 1. The Morgan fingerprint density at radius 1 is 1.35 bits per heavy atom. The highest BCUT2D eigenvalue weighted by molar-refractivity contribution is 7.12. The molecule has 6 nitrogen and oxygen atoms in total. The third-order valence-electron chi connectivity index (χ3n) is 4.12. The number of thiophene rings is 2. The fourth-order valence-electron chi connectivity index (χ4n) is 2.94. The van der Waals surface area contributed by atoms with Crippen molar-refractivity contribution < 1.29 is 19.1 Å². The molecule has 1 amide bonds. The van der Waals surface area contributed by atoms with E-state index in [4.69, 9.17) is 9.47 Å². The molecule has 1 aliphatic heterocycles. The molecule has 140 valence electrons. The second kappa shape index (κ2) is 9.27. The zero-order chi connectivity index (χ0) is 18.4. The summed E-state index contributed by atoms with van der Waals surface area (Å²) in [6.45, 7) is 2.46. The first-order valence-electron chi connectivity index (χ1n) is 8.47. The van der Waals surface area contributed by atoms with Gasteiger partial charge in [0.05, 0.1) is 25.4 Å². The maximum atomic E-state index is 12.5. The number of amides is 1. The van der Waals surface area contributed by atoms with Crippen LogP contribution < -0.4 is 5.32 Å². The molecule has 1 aliphatic rings. The van der Waals surface area contributed by atoms with Crippen LogP contribution in [-0.2, 0) is 20.8 Å². The van der Waals surface area contributed by atoms with Crippen LogP contribution in [0.3, 0.4) is 0 Å². The molecule has 1 saturated heterocycles. The standard InChI is InChI=1S/C18H22N2O4S2/c1-23-18(22)17-15(6-9-26-17)19-16(21)12-20(10-13-4-2-7-24-13)11-14-5-3-8-25-14/h3,5-6,8-9,13H,2,4,7,10-12H2,1H3,(H,19,21). The number of carbonyl (C=O) groups is 2. The number of hydrogen-bond donors (Lipinski definition) is 1. The third-order valence-corrected chi connectivity index (χ3v) is 5.88. The Bertz CT molecular complexity index is 723. The minimum Gasteiger partial charge on any atom is -0.465 e. The van der Waals surface area contributed by atoms with Crippen molar-refractivity contribution in [2.24, 2.45) is 0 Å². The summed E-state index contributed by atoms with van der Waals surface area (Å²) in [5, 5.41) is 6.63. The van der Waals surface area contributed by atoms with Crippen molar-refractivity contribution in [2.45, 2.75) is 25.5 Å². The molecule has 1 unspecified atom stereocenters. The van der Waals surface area contributed by atoms with Gasteiger partial charge >= 0.3 is 5.97 Å². The first kappa shape index (κ1) is 19.0. The van der Waals surface area contributed by atoms with Gasteiger partial charge in [0.2, 0.25) is 5.91 Å². The second-order valence-corrected chi connectivity index (χ2v) is 8.04. The maximum absolute atomic E-state index is 12.5. The minimum atomic E-state index is -0.440. The van der Waals surface area contributed by atoms with Gasteiger partial charge in [0.1, 0.15) is 4.88 Å². The van der Waals surface area contributed by atoms with Crippen LogP contribution in [0, 0.1) is 0 Å². The van der Waals surface area contributed by atoms with Crippen molar-refractivity contribution in [2.75, 3.05) is 32.1 Å². The Morgan fingerprint density at radius 3 is 2.92 bits per heavy atom. The number of rotatable bonds is 8. The zero-order valence-electron chi connectivity index (χ0n) is 14.6. The molecule has 26 heavy (non-hydrogen) atoms. The van der Waals surface area contributed by atoms with E-state index < -0.39 is 5.97 Å². The molecule has 0 aromatic carbocycles. The van der Waals surface area contributed by atoms with Gasteiger partial charge in [0, 0.05) is 24.6 Å². The quantitative estimate of drug-likeness (QED) is 0.697. The van der Waals surface area contributed by atoms with Gasteiger partial charge in [0.15, 0.2) is 0 Å². The highest BCUT2D eigenvalue weighted by Crippen LogP contribution is 2.23. The summed E-state index contributed by atoms with van der Waals surface area (Å²) < 4.78 is 10.5. The first-order valence-corrected chi connectivity index (χ1v) is 10.2. The van der Waals surface area contributed by atoms with Gasteiger partial charge in [-0.1, -0.05) is 6.07 Å². The monoisotopic (exact) mass is 394 g/mol. The molecule has 0 radical (unpaired) electrons. The van der Waals surface area contributed by atoms with Gasteiger partial charge in [-0.3, -0.25) is 9.69 Å². The van der Waals surface area contributed by atoms with Gasteiger partial charge in [-0.25, -0.2) is 4.79 Å². The number of nitrogens with one attached hydrogen (secondary N) is 1. The zero-order valence-corrected chi connectivity index (χ0v) is 16.2. The van der Waals surface area contributed by atoms with E-state index in [1.807, 2.05) is 11.4 Å². The summed E-state index contributed by atoms with van der Waals surface area (Å²) in [6.07, 6.45) is 2.27. The molecule has 2 aromatic heterocycles. The Kier molecular flexibility index (Phi) is 6.79. The number of hydrogen-bond acceptors (Lipinski definition) is 7. The average Bonchev–Trinajstić information content (AvgIpc) is 3.36. The van der Waals surface area contributed by atoms with Gasteiger partial charge in [-0.05, 0) is 35.7 Å². The van der Waals surface area contributed by atoms with E-state index in [1.54, 1.807) is 22.8 Å². The van der Waals surface area contributed by atoms with Gasteiger partial charge in [-0.2, -0.15) is 0 Å². The summed E-state index contributed by atoms with van der Waals surface area (Å²) in [5.74, 6) is -0.590. The van der Waals surface area contributed by atoms with Crippen LogP contribution in [0.1, 0.15) is 27.4 Å². The summed E-state index contributed by atoms with van der Waals surface area (Å²) in [5.41, 5.74) is 0.500. The normalized spacial score (nSPS) is 16.8. The first-order chi connectivity index (χ1) is 12.7. The van der Waals surface area contributed by atoms with Gasteiger partial charge in [-0.15, -0.1) is 22.7 Å². The van der Waals surface area contributed by atoms with Crippen LogP contribution >= 0.6 is 22.7 Å². The lowest BCUT2D eigenvalue weighted by molar-refractivity contribution is -0.117.